The molecule has 1 aromatic carbocycles. The Morgan fingerprint density at radius 2 is 2.00 bits per heavy atom. The Morgan fingerprint density at radius 3 is 2.45 bits per heavy atom. The summed E-state index contributed by atoms with van der Waals surface area (Å²) in [6, 6.07) is 5.75. The molecule has 0 unspecified atom stereocenters. The van der Waals surface area contributed by atoms with E-state index in [1.807, 2.05) is 43.9 Å². The van der Waals surface area contributed by atoms with Crippen molar-refractivity contribution in [3.8, 4) is 5.75 Å². The van der Waals surface area contributed by atoms with Crippen molar-refractivity contribution in [2.24, 2.45) is 0 Å². The predicted molar refractivity (Wildman–Crippen MR) is 85.8 cm³/mol. The number of methoxy groups -OCH3 is 1. The zero-order valence-corrected chi connectivity index (χ0v) is 14.4. The number of amides is 1. The second-order valence-electron chi connectivity index (χ2n) is 5.80. The predicted octanol–water partition coefficient (Wildman–Crippen LogP) is 4.16. The number of ether oxygens (including phenoxy) is 1. The summed E-state index contributed by atoms with van der Waals surface area (Å²) in [7, 11) is 1.63. The molecule has 4 heteroatoms. The maximum Gasteiger partial charge on any atom is 0.249 e. The van der Waals surface area contributed by atoms with E-state index in [2.05, 4.69) is 22.5 Å². The van der Waals surface area contributed by atoms with Crippen molar-refractivity contribution in [3.63, 3.8) is 0 Å². The number of carbonyl (C=O) groups is 1. The Balaban J connectivity index is 3.13. The van der Waals surface area contributed by atoms with Crippen LogP contribution >= 0.6 is 15.9 Å². The fourth-order valence-electron chi connectivity index (χ4n) is 1.81. The number of rotatable bonds is 4. The third kappa shape index (κ3) is 4.10. The van der Waals surface area contributed by atoms with Crippen molar-refractivity contribution >= 4 is 21.8 Å². The van der Waals surface area contributed by atoms with E-state index in [4.69, 9.17) is 4.74 Å². The average Bonchev–Trinajstić information content (AvgIpc) is 2.35. The molecular weight excluding hydrogens is 318 g/mol. The van der Waals surface area contributed by atoms with Crippen LogP contribution in [0.3, 0.4) is 0 Å². The minimum Gasteiger partial charge on any atom is -0.497 e. The minimum absolute atomic E-state index is 0.0350. The molecular formula is C16H22BrNO2. The summed E-state index contributed by atoms with van der Waals surface area (Å²) < 4.78 is 6.20. The van der Waals surface area contributed by atoms with Gasteiger partial charge in [-0.3, -0.25) is 4.79 Å². The zero-order chi connectivity index (χ0) is 15.5. The molecule has 110 valence electrons. The van der Waals surface area contributed by atoms with Crippen LogP contribution in [0.5, 0.6) is 5.75 Å². The van der Waals surface area contributed by atoms with Crippen molar-refractivity contribution in [1.82, 2.24) is 4.90 Å². The standard InChI is InChI=1S/C16H22BrNO2/c1-11(2)15(19)18(16(3,4)5)10-12-9-13(20-6)7-8-14(12)17/h7-9H,1,10H2,2-6H3. The number of hydrogen-bond donors (Lipinski definition) is 0. The summed E-state index contributed by atoms with van der Waals surface area (Å²) in [4.78, 5) is 14.2. The Labute approximate surface area is 129 Å². The van der Waals surface area contributed by atoms with Crippen LogP contribution in [-0.2, 0) is 11.3 Å². The van der Waals surface area contributed by atoms with Gasteiger partial charge >= 0.3 is 0 Å². The van der Waals surface area contributed by atoms with E-state index in [1.165, 1.54) is 0 Å². The first kappa shape index (κ1) is 16.8. The second-order valence-corrected chi connectivity index (χ2v) is 6.65. The van der Waals surface area contributed by atoms with Crippen molar-refractivity contribution in [3.05, 3.63) is 40.4 Å². The minimum atomic E-state index is -0.279. The van der Waals surface area contributed by atoms with Gasteiger partial charge < -0.3 is 9.64 Å². The first-order valence-electron chi connectivity index (χ1n) is 6.46. The molecule has 0 saturated carbocycles. The van der Waals surface area contributed by atoms with Gasteiger partial charge in [0.15, 0.2) is 0 Å². The van der Waals surface area contributed by atoms with Gasteiger partial charge in [-0.05, 0) is 51.5 Å². The largest absolute Gasteiger partial charge is 0.497 e. The molecule has 0 N–H and O–H groups in total. The summed E-state index contributed by atoms with van der Waals surface area (Å²) in [5.74, 6) is 0.743. The zero-order valence-electron chi connectivity index (χ0n) is 12.8. The number of benzene rings is 1. The van der Waals surface area contributed by atoms with Crippen molar-refractivity contribution in [1.29, 1.82) is 0 Å². The third-order valence-corrected chi connectivity index (χ3v) is 3.77. The lowest BCUT2D eigenvalue weighted by atomic mass is 10.0. The number of hydrogen-bond acceptors (Lipinski definition) is 2. The maximum absolute atomic E-state index is 12.3. The lowest BCUT2D eigenvalue weighted by molar-refractivity contribution is -0.132. The highest BCUT2D eigenvalue weighted by molar-refractivity contribution is 9.10. The number of halogens is 1. The average molecular weight is 340 g/mol. The molecule has 0 bridgehead atoms. The molecule has 0 aliphatic carbocycles. The summed E-state index contributed by atoms with van der Waals surface area (Å²) in [5.41, 5.74) is 1.27. The Bertz CT molecular complexity index is 518. The quantitative estimate of drug-likeness (QED) is 0.770. The summed E-state index contributed by atoms with van der Waals surface area (Å²) >= 11 is 3.53. The summed E-state index contributed by atoms with van der Waals surface area (Å²) in [6.07, 6.45) is 0. The molecule has 0 aliphatic heterocycles. The van der Waals surface area contributed by atoms with E-state index < -0.39 is 0 Å². The molecule has 0 saturated heterocycles. The molecule has 0 fully saturated rings. The van der Waals surface area contributed by atoms with E-state index in [0.29, 0.717) is 12.1 Å². The van der Waals surface area contributed by atoms with Gasteiger partial charge in [-0.25, -0.2) is 0 Å². The van der Waals surface area contributed by atoms with Gasteiger partial charge in [0.05, 0.1) is 7.11 Å². The molecule has 1 rings (SSSR count). The van der Waals surface area contributed by atoms with Gasteiger partial charge in [-0.2, -0.15) is 0 Å². The van der Waals surface area contributed by atoms with Crippen LogP contribution in [-0.4, -0.2) is 23.5 Å². The molecule has 0 radical (unpaired) electrons. The van der Waals surface area contributed by atoms with Crippen LogP contribution in [0.15, 0.2) is 34.8 Å². The molecule has 0 aromatic heterocycles. The first-order valence-corrected chi connectivity index (χ1v) is 7.26. The topological polar surface area (TPSA) is 29.5 Å². The van der Waals surface area contributed by atoms with E-state index in [0.717, 1.165) is 15.8 Å². The fraction of sp³-hybridized carbons (Fsp3) is 0.438. The molecule has 0 aliphatic rings. The van der Waals surface area contributed by atoms with Crippen molar-refractivity contribution in [2.75, 3.05) is 7.11 Å². The molecule has 0 heterocycles. The van der Waals surface area contributed by atoms with Crippen LogP contribution < -0.4 is 4.74 Å². The maximum atomic E-state index is 12.3. The van der Waals surface area contributed by atoms with Gasteiger partial charge in [0, 0.05) is 22.1 Å². The molecule has 0 spiro atoms. The lowest BCUT2D eigenvalue weighted by Crippen LogP contribution is -2.45. The van der Waals surface area contributed by atoms with Gasteiger partial charge in [-0.1, -0.05) is 22.5 Å². The Morgan fingerprint density at radius 1 is 1.40 bits per heavy atom. The molecule has 0 atom stereocenters. The van der Waals surface area contributed by atoms with Gasteiger partial charge in [-0.15, -0.1) is 0 Å². The van der Waals surface area contributed by atoms with Crippen LogP contribution in [0.25, 0.3) is 0 Å². The SMILES string of the molecule is C=C(C)C(=O)N(Cc1cc(OC)ccc1Br)C(C)(C)C. The number of carbonyl (C=O) groups excluding carboxylic acids is 1. The Hall–Kier alpha value is -1.29. The second kappa shape index (κ2) is 6.44. The van der Waals surface area contributed by atoms with E-state index in [1.54, 1.807) is 14.0 Å². The van der Waals surface area contributed by atoms with Gasteiger partial charge in [0.25, 0.3) is 0 Å². The van der Waals surface area contributed by atoms with Crippen LogP contribution in [0.4, 0.5) is 0 Å². The third-order valence-electron chi connectivity index (χ3n) is 3.00. The van der Waals surface area contributed by atoms with Crippen molar-refractivity contribution < 1.29 is 9.53 Å². The summed E-state index contributed by atoms with van der Waals surface area (Å²) in [5, 5.41) is 0. The van der Waals surface area contributed by atoms with E-state index in [-0.39, 0.29) is 11.4 Å². The monoisotopic (exact) mass is 339 g/mol. The van der Waals surface area contributed by atoms with Crippen LogP contribution in [0.2, 0.25) is 0 Å². The van der Waals surface area contributed by atoms with Crippen molar-refractivity contribution in [2.45, 2.75) is 39.8 Å². The molecule has 1 aromatic rings. The fourth-order valence-corrected chi connectivity index (χ4v) is 2.19. The van der Waals surface area contributed by atoms with Gasteiger partial charge in [0.2, 0.25) is 5.91 Å². The van der Waals surface area contributed by atoms with E-state index >= 15 is 0 Å². The lowest BCUT2D eigenvalue weighted by Gasteiger charge is -2.36. The smallest absolute Gasteiger partial charge is 0.249 e. The van der Waals surface area contributed by atoms with Crippen LogP contribution in [0.1, 0.15) is 33.3 Å². The Kier molecular flexibility index (Phi) is 5.40. The summed E-state index contributed by atoms with van der Waals surface area (Å²) in [6.45, 7) is 12.1. The highest BCUT2D eigenvalue weighted by Gasteiger charge is 2.27. The number of nitrogens with zero attached hydrogens (tertiary/aromatic N) is 1. The van der Waals surface area contributed by atoms with E-state index in [9.17, 15) is 4.79 Å². The molecule has 3 nitrogen and oxygen atoms in total. The molecule has 20 heavy (non-hydrogen) atoms. The van der Waals surface area contributed by atoms with Crippen LogP contribution in [0, 0.1) is 0 Å². The van der Waals surface area contributed by atoms with Gasteiger partial charge in [0.1, 0.15) is 5.75 Å². The first-order chi connectivity index (χ1) is 9.16. The molecule has 1 amide bonds. The highest BCUT2D eigenvalue weighted by Crippen LogP contribution is 2.27. The normalized spacial score (nSPS) is 11.1. The highest BCUT2D eigenvalue weighted by atomic mass is 79.9.